The summed E-state index contributed by atoms with van der Waals surface area (Å²) in [5.41, 5.74) is 3.87. The van der Waals surface area contributed by atoms with Gasteiger partial charge in [0.05, 0.1) is 11.0 Å². The first kappa shape index (κ1) is 13.7. The summed E-state index contributed by atoms with van der Waals surface area (Å²) in [4.78, 5) is 11.5. The predicted molar refractivity (Wildman–Crippen MR) is 63.6 cm³/mol. The summed E-state index contributed by atoms with van der Waals surface area (Å²) in [7, 11) is 0. The van der Waals surface area contributed by atoms with Crippen LogP contribution in [-0.2, 0) is 16.4 Å². The molecule has 1 aliphatic carbocycles. The largest absolute Gasteiger partial charge is 0.481 e. The molecule has 3 N–H and O–H groups in total. The highest BCUT2D eigenvalue weighted by Crippen LogP contribution is 2.44. The zero-order chi connectivity index (χ0) is 14.3. The van der Waals surface area contributed by atoms with E-state index in [9.17, 15) is 23.1 Å². The molecule has 0 heterocycles. The number of carboxylic acid groups (broad SMARTS) is 1. The Morgan fingerprint density at radius 2 is 1.84 bits per heavy atom. The van der Waals surface area contributed by atoms with Crippen molar-refractivity contribution in [2.45, 2.75) is 37.3 Å². The van der Waals surface area contributed by atoms with E-state index in [4.69, 9.17) is 5.73 Å². The second-order valence-electron chi connectivity index (χ2n) is 4.89. The van der Waals surface area contributed by atoms with Gasteiger partial charge in [0, 0.05) is 5.69 Å². The van der Waals surface area contributed by atoms with Crippen LogP contribution in [0, 0.1) is 0 Å². The smallest absolute Gasteiger partial charge is 0.416 e. The average molecular weight is 273 g/mol. The zero-order valence-electron chi connectivity index (χ0n) is 10.1. The normalized spacial score (nSPS) is 18.5. The fourth-order valence-electron chi connectivity index (χ4n) is 2.75. The van der Waals surface area contributed by atoms with E-state index in [2.05, 4.69) is 0 Å². The number of carboxylic acids is 1. The van der Waals surface area contributed by atoms with Gasteiger partial charge in [0.25, 0.3) is 0 Å². The minimum atomic E-state index is -4.47. The summed E-state index contributed by atoms with van der Waals surface area (Å²) in [6.07, 6.45) is -2.16. The van der Waals surface area contributed by atoms with E-state index in [1.807, 2.05) is 0 Å². The third kappa shape index (κ3) is 2.27. The van der Waals surface area contributed by atoms with Gasteiger partial charge in [0.2, 0.25) is 0 Å². The van der Waals surface area contributed by atoms with Gasteiger partial charge in [0.1, 0.15) is 0 Å². The van der Waals surface area contributed by atoms with E-state index in [-0.39, 0.29) is 5.69 Å². The summed E-state index contributed by atoms with van der Waals surface area (Å²) in [5.74, 6) is -1.02. The summed E-state index contributed by atoms with van der Waals surface area (Å²) in [6, 6.07) is 2.92. The summed E-state index contributed by atoms with van der Waals surface area (Å²) in [5, 5.41) is 9.39. The number of carbonyl (C=O) groups is 1. The van der Waals surface area contributed by atoms with Gasteiger partial charge in [-0.25, -0.2) is 0 Å². The Morgan fingerprint density at radius 1 is 1.26 bits per heavy atom. The number of rotatable bonds is 2. The van der Waals surface area contributed by atoms with Gasteiger partial charge in [-0.2, -0.15) is 13.2 Å². The minimum Gasteiger partial charge on any atom is -0.481 e. The number of hydrogen-bond acceptors (Lipinski definition) is 2. The maximum Gasteiger partial charge on any atom is 0.416 e. The van der Waals surface area contributed by atoms with E-state index in [1.54, 1.807) is 0 Å². The van der Waals surface area contributed by atoms with Crippen LogP contribution >= 0.6 is 0 Å². The highest BCUT2D eigenvalue weighted by molar-refractivity contribution is 5.84. The highest BCUT2D eigenvalue weighted by atomic mass is 19.4. The van der Waals surface area contributed by atoms with Crippen molar-refractivity contribution < 1.29 is 23.1 Å². The van der Waals surface area contributed by atoms with Crippen molar-refractivity contribution in [2.24, 2.45) is 0 Å². The van der Waals surface area contributed by atoms with Crippen molar-refractivity contribution in [1.29, 1.82) is 0 Å². The predicted octanol–water partition coefficient (Wildman–Crippen LogP) is 3.18. The topological polar surface area (TPSA) is 63.3 Å². The first-order valence-corrected chi connectivity index (χ1v) is 5.98. The van der Waals surface area contributed by atoms with E-state index < -0.39 is 23.1 Å². The quantitative estimate of drug-likeness (QED) is 0.813. The number of nitrogens with two attached hydrogens (primary N) is 1. The van der Waals surface area contributed by atoms with Crippen molar-refractivity contribution in [3.63, 3.8) is 0 Å². The van der Waals surface area contributed by atoms with Crippen molar-refractivity contribution in [3.05, 3.63) is 29.3 Å². The molecular weight excluding hydrogens is 259 g/mol. The molecular formula is C13H14F3NO2. The molecule has 0 atom stereocenters. The SMILES string of the molecule is Nc1cc(C(F)(F)F)ccc1C1(C(=O)O)CCCC1. The molecule has 1 saturated carbocycles. The van der Waals surface area contributed by atoms with Crippen LogP contribution in [0.4, 0.5) is 18.9 Å². The van der Waals surface area contributed by atoms with Crippen LogP contribution in [-0.4, -0.2) is 11.1 Å². The van der Waals surface area contributed by atoms with Crippen LogP contribution in [0.3, 0.4) is 0 Å². The van der Waals surface area contributed by atoms with Crippen LogP contribution in [0.15, 0.2) is 18.2 Å². The molecule has 0 spiro atoms. The van der Waals surface area contributed by atoms with Gasteiger partial charge in [0.15, 0.2) is 0 Å². The first-order chi connectivity index (χ1) is 8.77. The molecule has 0 amide bonds. The molecule has 0 unspecified atom stereocenters. The Morgan fingerprint density at radius 3 is 2.26 bits per heavy atom. The number of aliphatic carboxylic acids is 1. The molecule has 0 aliphatic heterocycles. The fourth-order valence-corrected chi connectivity index (χ4v) is 2.75. The lowest BCUT2D eigenvalue weighted by Crippen LogP contribution is -2.33. The molecule has 6 heteroatoms. The molecule has 0 bridgehead atoms. The molecule has 1 aromatic rings. The van der Waals surface area contributed by atoms with Crippen molar-refractivity contribution >= 4 is 11.7 Å². The Hall–Kier alpha value is -1.72. The molecule has 1 aromatic carbocycles. The number of alkyl halides is 3. The van der Waals surface area contributed by atoms with Crippen LogP contribution in [0.25, 0.3) is 0 Å². The third-order valence-electron chi connectivity index (χ3n) is 3.76. The van der Waals surface area contributed by atoms with Crippen molar-refractivity contribution in [1.82, 2.24) is 0 Å². The van der Waals surface area contributed by atoms with Crippen LogP contribution in [0.2, 0.25) is 0 Å². The van der Waals surface area contributed by atoms with Crippen LogP contribution < -0.4 is 5.73 Å². The van der Waals surface area contributed by atoms with Gasteiger partial charge >= 0.3 is 12.1 Å². The second kappa shape index (κ2) is 4.43. The number of halogens is 3. The standard InChI is InChI=1S/C13H14F3NO2/c14-13(15,16)8-3-4-9(10(17)7-8)12(11(18)19)5-1-2-6-12/h3-4,7H,1-2,5-6,17H2,(H,18,19). The van der Waals surface area contributed by atoms with Crippen LogP contribution in [0.5, 0.6) is 0 Å². The first-order valence-electron chi connectivity index (χ1n) is 5.98. The van der Waals surface area contributed by atoms with Gasteiger partial charge in [-0.3, -0.25) is 4.79 Å². The maximum absolute atomic E-state index is 12.6. The van der Waals surface area contributed by atoms with Gasteiger partial charge in [-0.15, -0.1) is 0 Å². The zero-order valence-corrected chi connectivity index (χ0v) is 10.1. The molecule has 104 valence electrons. The monoisotopic (exact) mass is 273 g/mol. The molecule has 0 saturated heterocycles. The molecule has 0 radical (unpaired) electrons. The van der Waals surface area contributed by atoms with Crippen molar-refractivity contribution in [3.8, 4) is 0 Å². The molecule has 0 aromatic heterocycles. The lowest BCUT2D eigenvalue weighted by Gasteiger charge is -2.26. The number of benzene rings is 1. The Bertz CT molecular complexity index is 505. The average Bonchev–Trinajstić information content (AvgIpc) is 2.77. The van der Waals surface area contributed by atoms with E-state index in [0.29, 0.717) is 18.4 Å². The third-order valence-corrected chi connectivity index (χ3v) is 3.76. The molecule has 19 heavy (non-hydrogen) atoms. The van der Waals surface area contributed by atoms with Gasteiger partial charge in [-0.1, -0.05) is 18.9 Å². The minimum absolute atomic E-state index is 0.0980. The summed E-state index contributed by atoms with van der Waals surface area (Å²) >= 11 is 0. The Balaban J connectivity index is 2.49. The number of nitrogen functional groups attached to an aromatic ring is 1. The van der Waals surface area contributed by atoms with Crippen LogP contribution in [0.1, 0.15) is 36.8 Å². The fraction of sp³-hybridized carbons (Fsp3) is 0.462. The van der Waals surface area contributed by atoms with E-state index >= 15 is 0 Å². The number of hydrogen-bond donors (Lipinski definition) is 2. The molecule has 1 fully saturated rings. The highest BCUT2D eigenvalue weighted by Gasteiger charge is 2.44. The second-order valence-corrected chi connectivity index (χ2v) is 4.89. The Kier molecular flexibility index (Phi) is 3.20. The molecule has 1 aliphatic rings. The molecule has 3 nitrogen and oxygen atoms in total. The van der Waals surface area contributed by atoms with E-state index in [0.717, 1.165) is 25.0 Å². The Labute approximate surface area is 108 Å². The maximum atomic E-state index is 12.6. The molecule has 2 rings (SSSR count). The van der Waals surface area contributed by atoms with Gasteiger partial charge in [-0.05, 0) is 30.5 Å². The van der Waals surface area contributed by atoms with Gasteiger partial charge < -0.3 is 10.8 Å². The number of anilines is 1. The summed E-state index contributed by atoms with van der Waals surface area (Å²) < 4.78 is 37.7. The summed E-state index contributed by atoms with van der Waals surface area (Å²) in [6.45, 7) is 0. The van der Waals surface area contributed by atoms with E-state index in [1.165, 1.54) is 6.07 Å². The van der Waals surface area contributed by atoms with Crippen molar-refractivity contribution in [2.75, 3.05) is 5.73 Å². The lowest BCUT2D eigenvalue weighted by atomic mass is 9.78. The lowest BCUT2D eigenvalue weighted by molar-refractivity contribution is -0.143.